The molecule has 0 unspecified atom stereocenters. The highest BCUT2D eigenvalue weighted by atomic mass is 127. The number of carbonyl (C=O) groups is 1. The molecule has 132 valence electrons. The highest BCUT2D eigenvalue weighted by Crippen LogP contribution is 2.27. The summed E-state index contributed by atoms with van der Waals surface area (Å²) in [6, 6.07) is 8.47. The molecule has 2 N–H and O–H groups in total. The number of rotatable bonds is 4. The van der Waals surface area contributed by atoms with Gasteiger partial charge in [0.1, 0.15) is 11.3 Å². The van der Waals surface area contributed by atoms with E-state index in [9.17, 15) is 20.0 Å². The predicted octanol–water partition coefficient (Wildman–Crippen LogP) is 4.07. The maximum Gasteiger partial charge on any atom is 0.307 e. The van der Waals surface area contributed by atoms with Crippen LogP contribution in [-0.4, -0.2) is 22.2 Å². The molecule has 0 spiro atoms. The number of hydrogen-bond donors (Lipinski definition) is 2. The Balaban J connectivity index is 1.78. The van der Waals surface area contributed by atoms with E-state index in [0.717, 1.165) is 0 Å². The first-order chi connectivity index (χ1) is 12.3. The molecule has 3 aromatic rings. The third kappa shape index (κ3) is 3.78. The molecule has 8 nitrogen and oxygen atoms in total. The van der Waals surface area contributed by atoms with E-state index in [1.165, 1.54) is 36.5 Å². The molecule has 10 heteroatoms. The Bertz CT molecular complexity index is 1060. The van der Waals surface area contributed by atoms with Crippen LogP contribution >= 0.6 is 34.2 Å². The monoisotopic (exact) mass is 485 g/mol. The Morgan fingerprint density at radius 3 is 2.85 bits per heavy atom. The van der Waals surface area contributed by atoms with Gasteiger partial charge < -0.3 is 9.52 Å². The van der Waals surface area contributed by atoms with Crippen LogP contribution in [-0.2, 0) is 0 Å². The van der Waals surface area contributed by atoms with E-state index in [1.807, 2.05) is 22.6 Å². The van der Waals surface area contributed by atoms with Gasteiger partial charge in [-0.25, -0.2) is 5.43 Å². The Labute approximate surface area is 164 Å². The molecule has 0 saturated carbocycles. The highest BCUT2D eigenvalue weighted by Gasteiger charge is 2.14. The summed E-state index contributed by atoms with van der Waals surface area (Å²) < 4.78 is 5.89. The summed E-state index contributed by atoms with van der Waals surface area (Å²) in [6.07, 6.45) is 1.24. The lowest BCUT2D eigenvalue weighted by atomic mass is 10.2. The van der Waals surface area contributed by atoms with Crippen LogP contribution < -0.4 is 5.43 Å². The number of nitro benzene ring substituents is 1. The van der Waals surface area contributed by atoms with E-state index in [1.54, 1.807) is 6.07 Å². The van der Waals surface area contributed by atoms with E-state index in [-0.39, 0.29) is 17.2 Å². The molecule has 0 aliphatic heterocycles. The summed E-state index contributed by atoms with van der Waals surface area (Å²) in [5.41, 5.74) is 2.83. The van der Waals surface area contributed by atoms with Gasteiger partial charge in [0.25, 0.3) is 5.69 Å². The van der Waals surface area contributed by atoms with Crippen LogP contribution in [0.4, 0.5) is 5.69 Å². The molecule has 0 aliphatic rings. The molecule has 26 heavy (non-hydrogen) atoms. The number of phenols is 1. The van der Waals surface area contributed by atoms with Crippen molar-refractivity contribution in [3.63, 3.8) is 0 Å². The normalized spacial score (nSPS) is 11.2. The smallest absolute Gasteiger partial charge is 0.307 e. The first kappa shape index (κ1) is 18.1. The minimum Gasteiger partial charge on any atom is -0.506 e. The van der Waals surface area contributed by atoms with Crippen LogP contribution in [0.15, 0.2) is 45.9 Å². The molecular weight excluding hydrogens is 477 g/mol. The van der Waals surface area contributed by atoms with Gasteiger partial charge in [0, 0.05) is 28.1 Å². The second kappa shape index (κ2) is 7.30. The lowest BCUT2D eigenvalue weighted by molar-refractivity contribution is -0.384. The summed E-state index contributed by atoms with van der Waals surface area (Å²) in [7, 11) is 0. The zero-order valence-electron chi connectivity index (χ0n) is 12.8. The topological polar surface area (TPSA) is 118 Å². The molecule has 0 fully saturated rings. The second-order valence-corrected chi connectivity index (χ2v) is 6.71. The standard InChI is InChI=1S/C16H9ClIN3O5/c17-10-3-9(15(22)12(18)6-10)7-19-20-16(23)14-5-8-4-11(21(24)25)1-2-13(8)26-14/h1-7,22H,(H,20,23)/b19-7-. The minimum absolute atomic E-state index is 0.0101. The Morgan fingerprint density at radius 1 is 1.35 bits per heavy atom. The third-order valence-electron chi connectivity index (χ3n) is 3.36. The van der Waals surface area contributed by atoms with E-state index in [4.69, 9.17) is 16.0 Å². The number of nitro groups is 1. The van der Waals surface area contributed by atoms with Crippen molar-refractivity contribution in [2.75, 3.05) is 0 Å². The summed E-state index contributed by atoms with van der Waals surface area (Å²) >= 11 is 7.83. The number of aromatic hydroxyl groups is 1. The quantitative estimate of drug-likeness (QED) is 0.250. The number of carbonyl (C=O) groups excluding carboxylic acids is 1. The van der Waals surface area contributed by atoms with Crippen molar-refractivity contribution in [3.05, 3.63) is 66.4 Å². The summed E-state index contributed by atoms with van der Waals surface area (Å²) in [6.45, 7) is 0. The van der Waals surface area contributed by atoms with E-state index < -0.39 is 10.8 Å². The van der Waals surface area contributed by atoms with Crippen LogP contribution in [0.3, 0.4) is 0 Å². The van der Waals surface area contributed by atoms with Gasteiger partial charge in [-0.15, -0.1) is 0 Å². The Hall–Kier alpha value is -2.66. The second-order valence-electron chi connectivity index (χ2n) is 5.11. The largest absolute Gasteiger partial charge is 0.506 e. The molecule has 1 aromatic heterocycles. The van der Waals surface area contributed by atoms with Gasteiger partial charge in [-0.2, -0.15) is 5.10 Å². The number of nitrogens with zero attached hydrogens (tertiary/aromatic N) is 2. The molecule has 0 radical (unpaired) electrons. The predicted molar refractivity (Wildman–Crippen MR) is 104 cm³/mol. The minimum atomic E-state index is -0.642. The van der Waals surface area contributed by atoms with Gasteiger partial charge in [-0.3, -0.25) is 14.9 Å². The number of fused-ring (bicyclic) bond motifs is 1. The van der Waals surface area contributed by atoms with Gasteiger partial charge in [0.2, 0.25) is 0 Å². The molecule has 0 saturated heterocycles. The summed E-state index contributed by atoms with van der Waals surface area (Å²) in [5, 5.41) is 25.3. The average molecular weight is 486 g/mol. The van der Waals surface area contributed by atoms with Crippen molar-refractivity contribution in [1.29, 1.82) is 0 Å². The average Bonchev–Trinajstić information content (AvgIpc) is 3.02. The Morgan fingerprint density at radius 2 is 2.12 bits per heavy atom. The van der Waals surface area contributed by atoms with Crippen LogP contribution in [0, 0.1) is 13.7 Å². The maximum atomic E-state index is 12.1. The number of hydrogen-bond acceptors (Lipinski definition) is 6. The van der Waals surface area contributed by atoms with Crippen molar-refractivity contribution < 1.29 is 19.2 Å². The SMILES string of the molecule is O=C(N/N=C\c1cc(Cl)cc(I)c1O)c1cc2cc([N+](=O)[O-])ccc2o1. The Kier molecular flexibility index (Phi) is 5.09. The number of hydrazone groups is 1. The highest BCUT2D eigenvalue weighted by molar-refractivity contribution is 14.1. The van der Waals surface area contributed by atoms with Crippen molar-refractivity contribution >= 4 is 63.0 Å². The number of benzene rings is 2. The first-order valence-corrected chi connectivity index (χ1v) is 8.50. The molecule has 0 atom stereocenters. The van der Waals surface area contributed by atoms with Crippen LogP contribution in [0.25, 0.3) is 11.0 Å². The van der Waals surface area contributed by atoms with Crippen molar-refractivity contribution in [2.24, 2.45) is 5.10 Å². The lowest BCUT2D eigenvalue weighted by Gasteiger charge is -2.02. The van der Waals surface area contributed by atoms with Gasteiger partial charge in [-0.1, -0.05) is 11.6 Å². The number of amides is 1. The lowest BCUT2D eigenvalue weighted by Crippen LogP contribution is -2.16. The molecule has 1 amide bonds. The van der Waals surface area contributed by atoms with Gasteiger partial charge in [0.15, 0.2) is 5.76 Å². The summed E-state index contributed by atoms with van der Waals surface area (Å²) in [4.78, 5) is 22.4. The van der Waals surface area contributed by atoms with Gasteiger partial charge >= 0.3 is 5.91 Å². The molecule has 0 aliphatic carbocycles. The van der Waals surface area contributed by atoms with Gasteiger partial charge in [-0.05, 0) is 46.9 Å². The van der Waals surface area contributed by atoms with Crippen molar-refractivity contribution in [1.82, 2.24) is 5.43 Å². The first-order valence-electron chi connectivity index (χ1n) is 7.04. The fourth-order valence-electron chi connectivity index (χ4n) is 2.16. The van der Waals surface area contributed by atoms with E-state index >= 15 is 0 Å². The van der Waals surface area contributed by atoms with E-state index in [2.05, 4.69) is 10.5 Å². The molecule has 2 aromatic carbocycles. The number of halogens is 2. The fourth-order valence-corrected chi connectivity index (χ4v) is 3.21. The molecule has 3 rings (SSSR count). The van der Waals surface area contributed by atoms with Crippen LogP contribution in [0.5, 0.6) is 5.75 Å². The summed E-state index contributed by atoms with van der Waals surface area (Å²) in [5.74, 6) is -0.706. The number of non-ortho nitro benzene ring substituents is 1. The molecule has 0 bridgehead atoms. The van der Waals surface area contributed by atoms with Crippen LogP contribution in [0.1, 0.15) is 16.1 Å². The molecule has 1 heterocycles. The number of phenolic OH excluding ortho intramolecular Hbond substituents is 1. The van der Waals surface area contributed by atoms with E-state index in [0.29, 0.717) is 25.1 Å². The fraction of sp³-hybridized carbons (Fsp3) is 0. The molecular formula is C16H9ClIN3O5. The van der Waals surface area contributed by atoms with Crippen LogP contribution in [0.2, 0.25) is 5.02 Å². The maximum absolute atomic E-state index is 12.1. The number of nitrogens with one attached hydrogen (secondary N) is 1. The number of furan rings is 1. The van der Waals surface area contributed by atoms with Crippen molar-refractivity contribution in [2.45, 2.75) is 0 Å². The zero-order valence-corrected chi connectivity index (χ0v) is 15.7. The van der Waals surface area contributed by atoms with Crippen molar-refractivity contribution in [3.8, 4) is 5.75 Å². The zero-order chi connectivity index (χ0) is 18.8. The van der Waals surface area contributed by atoms with Gasteiger partial charge in [0.05, 0.1) is 14.7 Å². The third-order valence-corrected chi connectivity index (χ3v) is 4.40.